The molecule has 0 aromatic heterocycles. The molecule has 1 amide bonds. The van der Waals surface area contributed by atoms with Crippen LogP contribution >= 0.6 is 0 Å². The Morgan fingerprint density at radius 2 is 1.88 bits per heavy atom. The molecule has 0 fully saturated rings. The van der Waals surface area contributed by atoms with Gasteiger partial charge in [0.05, 0.1) is 0 Å². The predicted octanol–water partition coefficient (Wildman–Crippen LogP) is 2.75. The van der Waals surface area contributed by atoms with Gasteiger partial charge in [-0.15, -0.1) is 0 Å². The Morgan fingerprint density at radius 3 is 2.54 bits per heavy atom. The fourth-order valence-corrected chi connectivity index (χ4v) is 2.42. The highest BCUT2D eigenvalue weighted by Gasteiger charge is 2.25. The van der Waals surface area contributed by atoms with Gasteiger partial charge in [0.25, 0.3) is 5.91 Å². The van der Waals surface area contributed by atoms with Gasteiger partial charge in [-0.2, -0.15) is 0 Å². The SMILES string of the molecule is Cc1ccc(C(=O)OC(C)C(=O)N(C)Cc2cccc(F)c2)c(O)c1O. The number of carbonyl (C=O) groups excluding carboxylic acids is 2. The summed E-state index contributed by atoms with van der Waals surface area (Å²) in [5, 5.41) is 19.5. The number of phenolic OH excluding ortho intramolecular Hbond substituents is 2. The highest BCUT2D eigenvalue weighted by atomic mass is 19.1. The zero-order valence-electron chi connectivity index (χ0n) is 14.7. The smallest absolute Gasteiger partial charge is 0.342 e. The fourth-order valence-electron chi connectivity index (χ4n) is 2.42. The number of phenols is 2. The van der Waals surface area contributed by atoms with Gasteiger partial charge >= 0.3 is 5.97 Å². The quantitative estimate of drug-likeness (QED) is 0.632. The number of hydrogen-bond donors (Lipinski definition) is 2. The number of carbonyl (C=O) groups is 2. The topological polar surface area (TPSA) is 87.1 Å². The second kappa shape index (κ2) is 7.86. The van der Waals surface area contributed by atoms with Crippen LogP contribution in [0.4, 0.5) is 4.39 Å². The van der Waals surface area contributed by atoms with Gasteiger partial charge in [0, 0.05) is 13.6 Å². The van der Waals surface area contributed by atoms with Crippen molar-refractivity contribution in [1.82, 2.24) is 4.90 Å². The van der Waals surface area contributed by atoms with E-state index in [9.17, 15) is 24.2 Å². The first-order valence-electron chi connectivity index (χ1n) is 7.92. The zero-order chi connectivity index (χ0) is 19.4. The van der Waals surface area contributed by atoms with Crippen LogP contribution in [0.1, 0.15) is 28.4 Å². The standard InChI is InChI=1S/C19H20FNO5/c1-11-7-8-15(17(23)16(11)22)19(25)26-12(2)18(24)21(3)10-13-5-4-6-14(20)9-13/h4-9,12,22-23H,10H2,1-3H3. The average Bonchev–Trinajstić information content (AvgIpc) is 2.58. The van der Waals surface area contributed by atoms with E-state index >= 15 is 0 Å². The van der Waals surface area contributed by atoms with Gasteiger partial charge in [-0.25, -0.2) is 9.18 Å². The van der Waals surface area contributed by atoms with E-state index < -0.39 is 35.3 Å². The van der Waals surface area contributed by atoms with Crippen molar-refractivity contribution < 1.29 is 28.9 Å². The van der Waals surface area contributed by atoms with Crippen LogP contribution in [0.3, 0.4) is 0 Å². The Labute approximate surface area is 150 Å². The molecular formula is C19H20FNO5. The van der Waals surface area contributed by atoms with E-state index in [-0.39, 0.29) is 12.1 Å². The van der Waals surface area contributed by atoms with Gasteiger partial charge < -0.3 is 19.8 Å². The summed E-state index contributed by atoms with van der Waals surface area (Å²) in [7, 11) is 1.51. The molecule has 138 valence electrons. The number of esters is 1. The van der Waals surface area contributed by atoms with E-state index in [4.69, 9.17) is 4.74 Å². The molecule has 2 N–H and O–H groups in total. The summed E-state index contributed by atoms with van der Waals surface area (Å²) in [5.74, 6) is -2.84. The number of aromatic hydroxyl groups is 2. The zero-order valence-corrected chi connectivity index (χ0v) is 14.7. The molecule has 0 heterocycles. The number of nitrogens with zero attached hydrogens (tertiary/aromatic N) is 1. The van der Waals surface area contributed by atoms with E-state index in [1.165, 1.54) is 43.1 Å². The lowest BCUT2D eigenvalue weighted by molar-refractivity contribution is -0.139. The molecule has 0 spiro atoms. The Morgan fingerprint density at radius 1 is 1.19 bits per heavy atom. The molecule has 0 aliphatic heterocycles. The molecule has 0 aliphatic carbocycles. The maximum absolute atomic E-state index is 13.2. The van der Waals surface area contributed by atoms with Gasteiger partial charge in [0.15, 0.2) is 17.6 Å². The van der Waals surface area contributed by atoms with Crippen molar-refractivity contribution in [3.05, 3.63) is 58.9 Å². The molecule has 26 heavy (non-hydrogen) atoms. The first kappa shape index (κ1) is 19.2. The van der Waals surface area contributed by atoms with Gasteiger partial charge in [-0.3, -0.25) is 4.79 Å². The van der Waals surface area contributed by atoms with Crippen molar-refractivity contribution in [2.45, 2.75) is 26.5 Å². The summed E-state index contributed by atoms with van der Waals surface area (Å²) in [6, 6.07) is 8.59. The molecule has 0 saturated carbocycles. The minimum Gasteiger partial charge on any atom is -0.504 e. The molecule has 0 aliphatic rings. The Hall–Kier alpha value is -3.09. The maximum Gasteiger partial charge on any atom is 0.342 e. The van der Waals surface area contributed by atoms with Crippen LogP contribution in [0.5, 0.6) is 11.5 Å². The molecule has 1 atom stereocenters. The molecule has 6 nitrogen and oxygen atoms in total. The summed E-state index contributed by atoms with van der Waals surface area (Å²) in [4.78, 5) is 25.8. The van der Waals surface area contributed by atoms with Gasteiger partial charge in [-0.1, -0.05) is 18.2 Å². The van der Waals surface area contributed by atoms with E-state index in [2.05, 4.69) is 0 Å². The van der Waals surface area contributed by atoms with Crippen molar-refractivity contribution >= 4 is 11.9 Å². The third kappa shape index (κ3) is 4.30. The molecule has 7 heteroatoms. The minimum absolute atomic E-state index is 0.148. The second-order valence-corrected chi connectivity index (χ2v) is 6.00. The first-order valence-corrected chi connectivity index (χ1v) is 7.92. The third-order valence-electron chi connectivity index (χ3n) is 3.89. The van der Waals surface area contributed by atoms with Crippen molar-refractivity contribution in [3.63, 3.8) is 0 Å². The monoisotopic (exact) mass is 361 g/mol. The summed E-state index contributed by atoms with van der Waals surface area (Å²) in [5.41, 5.74) is 0.763. The van der Waals surface area contributed by atoms with Crippen LogP contribution in [-0.2, 0) is 16.1 Å². The molecular weight excluding hydrogens is 341 g/mol. The molecule has 0 saturated heterocycles. The van der Waals surface area contributed by atoms with Gasteiger partial charge in [-0.05, 0) is 43.2 Å². The van der Waals surface area contributed by atoms with Crippen LogP contribution in [0.25, 0.3) is 0 Å². The lowest BCUT2D eigenvalue weighted by Gasteiger charge is -2.22. The summed E-state index contributed by atoms with van der Waals surface area (Å²) in [6.07, 6.45) is -1.12. The van der Waals surface area contributed by atoms with Crippen molar-refractivity contribution in [1.29, 1.82) is 0 Å². The van der Waals surface area contributed by atoms with Gasteiger partial charge in [0.2, 0.25) is 0 Å². The largest absolute Gasteiger partial charge is 0.504 e. The normalized spacial score (nSPS) is 11.7. The highest BCUT2D eigenvalue weighted by Crippen LogP contribution is 2.32. The van der Waals surface area contributed by atoms with E-state index in [1.807, 2.05) is 0 Å². The Kier molecular flexibility index (Phi) is 5.82. The van der Waals surface area contributed by atoms with Crippen LogP contribution in [0, 0.1) is 12.7 Å². The predicted molar refractivity (Wildman–Crippen MR) is 92.3 cm³/mol. The number of aryl methyl sites for hydroxylation is 1. The second-order valence-electron chi connectivity index (χ2n) is 6.00. The number of likely N-dealkylation sites (N-methyl/N-ethyl adjacent to an activating group) is 1. The molecule has 2 aromatic carbocycles. The van der Waals surface area contributed by atoms with E-state index in [0.29, 0.717) is 11.1 Å². The number of ether oxygens (including phenoxy) is 1. The summed E-state index contributed by atoms with van der Waals surface area (Å²) < 4.78 is 18.3. The van der Waals surface area contributed by atoms with Gasteiger partial charge in [0.1, 0.15) is 11.4 Å². The van der Waals surface area contributed by atoms with Crippen molar-refractivity contribution in [3.8, 4) is 11.5 Å². The molecule has 0 radical (unpaired) electrons. The van der Waals surface area contributed by atoms with Crippen LogP contribution in [-0.4, -0.2) is 40.1 Å². The van der Waals surface area contributed by atoms with E-state index in [0.717, 1.165) is 0 Å². The third-order valence-corrected chi connectivity index (χ3v) is 3.89. The number of halogens is 1. The number of benzene rings is 2. The minimum atomic E-state index is -1.12. The van der Waals surface area contributed by atoms with Crippen LogP contribution < -0.4 is 0 Å². The van der Waals surface area contributed by atoms with Crippen LogP contribution in [0.15, 0.2) is 36.4 Å². The average molecular weight is 361 g/mol. The highest BCUT2D eigenvalue weighted by molar-refractivity contribution is 5.95. The number of rotatable bonds is 5. The lowest BCUT2D eigenvalue weighted by Crippen LogP contribution is -2.37. The Balaban J connectivity index is 2.04. The van der Waals surface area contributed by atoms with Crippen molar-refractivity contribution in [2.75, 3.05) is 7.05 Å². The molecule has 2 rings (SSSR count). The summed E-state index contributed by atoms with van der Waals surface area (Å²) in [6.45, 7) is 3.11. The van der Waals surface area contributed by atoms with Crippen molar-refractivity contribution in [2.24, 2.45) is 0 Å². The number of amides is 1. The van der Waals surface area contributed by atoms with E-state index in [1.54, 1.807) is 19.1 Å². The molecule has 2 aromatic rings. The first-order chi connectivity index (χ1) is 12.2. The molecule has 1 unspecified atom stereocenters. The lowest BCUT2D eigenvalue weighted by atomic mass is 10.1. The fraction of sp³-hybridized carbons (Fsp3) is 0.263. The summed E-state index contributed by atoms with van der Waals surface area (Å²) >= 11 is 0. The van der Waals surface area contributed by atoms with Crippen LogP contribution in [0.2, 0.25) is 0 Å². The molecule has 0 bridgehead atoms. The maximum atomic E-state index is 13.2. The Bertz CT molecular complexity index is 837. The number of hydrogen-bond acceptors (Lipinski definition) is 5.